The highest BCUT2D eigenvalue weighted by Crippen LogP contribution is 2.59. The highest BCUT2D eigenvalue weighted by Gasteiger charge is 2.72. The van der Waals surface area contributed by atoms with Crippen LogP contribution in [0.4, 0.5) is 0 Å². The summed E-state index contributed by atoms with van der Waals surface area (Å²) >= 11 is 0. The highest BCUT2D eigenvalue weighted by molar-refractivity contribution is 5.69. The third kappa shape index (κ3) is 10.7. The van der Waals surface area contributed by atoms with Crippen molar-refractivity contribution in [1.29, 1.82) is 0 Å². The lowest BCUT2D eigenvalue weighted by molar-refractivity contribution is -0.171. The molecule has 0 N–H and O–H groups in total. The van der Waals surface area contributed by atoms with Crippen molar-refractivity contribution in [2.45, 2.75) is 141 Å². The van der Waals surface area contributed by atoms with E-state index in [2.05, 4.69) is 82.4 Å². The van der Waals surface area contributed by atoms with E-state index in [1.165, 1.54) is 18.4 Å². The molecule has 41 heavy (non-hydrogen) atoms. The summed E-state index contributed by atoms with van der Waals surface area (Å²) in [6.45, 7) is 9.30. The molecule has 0 aromatic carbocycles. The fourth-order valence-electron chi connectivity index (χ4n) is 6.24. The molecule has 0 radical (unpaired) electrons. The molecule has 0 aromatic rings. The summed E-state index contributed by atoms with van der Waals surface area (Å²) in [7, 11) is 1.73. The molecule has 0 unspecified atom stereocenters. The minimum atomic E-state index is -0.308. The van der Waals surface area contributed by atoms with E-state index in [9.17, 15) is 4.79 Å². The molecular formula is C36H56O5. The number of ether oxygens (including phenoxy) is 4. The second-order valence-corrected chi connectivity index (χ2v) is 12.4. The first kappa shape index (κ1) is 33.6. The molecule has 2 heterocycles. The zero-order valence-electron chi connectivity index (χ0n) is 26.4. The summed E-state index contributed by atoms with van der Waals surface area (Å²) in [6, 6.07) is 0. The van der Waals surface area contributed by atoms with Crippen LogP contribution in [0, 0.1) is 5.92 Å². The van der Waals surface area contributed by atoms with E-state index in [4.69, 9.17) is 18.9 Å². The Labute approximate surface area is 250 Å². The van der Waals surface area contributed by atoms with Crippen molar-refractivity contribution in [1.82, 2.24) is 0 Å². The van der Waals surface area contributed by atoms with Crippen molar-refractivity contribution in [2.75, 3.05) is 13.7 Å². The average molecular weight is 569 g/mol. The number of hydrogen-bond donors (Lipinski definition) is 0. The summed E-state index contributed by atoms with van der Waals surface area (Å²) in [5, 5.41) is 0. The van der Waals surface area contributed by atoms with Gasteiger partial charge in [-0.05, 0) is 97.8 Å². The van der Waals surface area contributed by atoms with E-state index in [0.717, 1.165) is 70.8 Å². The fourth-order valence-corrected chi connectivity index (χ4v) is 6.24. The Balaban J connectivity index is 1.29. The lowest BCUT2D eigenvalue weighted by Crippen LogP contribution is -2.55. The van der Waals surface area contributed by atoms with E-state index in [1.807, 2.05) is 0 Å². The van der Waals surface area contributed by atoms with Gasteiger partial charge in [0.1, 0.15) is 23.4 Å². The molecule has 3 fully saturated rings. The van der Waals surface area contributed by atoms with Crippen LogP contribution in [0.5, 0.6) is 0 Å². The molecule has 0 aromatic heterocycles. The van der Waals surface area contributed by atoms with Gasteiger partial charge in [-0.25, -0.2) is 0 Å². The number of unbranched alkanes of at least 4 members (excludes halogenated alkanes) is 5. The number of methoxy groups -OCH3 is 1. The molecule has 1 saturated carbocycles. The predicted octanol–water partition coefficient (Wildman–Crippen LogP) is 8.75. The van der Waals surface area contributed by atoms with E-state index < -0.39 is 0 Å². The second kappa shape index (κ2) is 17.2. The number of carbonyl (C=O) groups is 1. The van der Waals surface area contributed by atoms with Crippen LogP contribution in [-0.2, 0) is 23.7 Å². The maximum Gasteiger partial charge on any atom is 0.306 e. The monoisotopic (exact) mass is 568 g/mol. The number of rotatable bonds is 19. The molecule has 0 amide bonds. The standard InChI is InChI=1S/C36H56O5/c1-6-7-8-9-10-11-12-13-14-15-16-17-18-19-20-21-22-23-32(37)40-30-26-27-36(28-39-36)34(33(30)38-5)35(4)31(41-35)25-24-29(2)3/h7-10,15-16,19-20,24,30-31,33-34H,6,11-14,17-18,21-23,25-28H2,1-5H3/t30-,31-,33-,34-,35+,36+/m1/s1. The van der Waals surface area contributed by atoms with E-state index in [1.54, 1.807) is 7.11 Å². The smallest absolute Gasteiger partial charge is 0.306 e. The highest BCUT2D eigenvalue weighted by atomic mass is 16.6. The maximum atomic E-state index is 12.7. The first-order valence-corrected chi connectivity index (χ1v) is 16.2. The molecule has 6 atom stereocenters. The van der Waals surface area contributed by atoms with Crippen molar-refractivity contribution < 1.29 is 23.7 Å². The number of esters is 1. The van der Waals surface area contributed by atoms with Crippen molar-refractivity contribution in [3.63, 3.8) is 0 Å². The molecule has 3 rings (SSSR count). The lowest BCUT2D eigenvalue weighted by atomic mass is 9.68. The van der Waals surface area contributed by atoms with E-state index in [-0.39, 0.29) is 41.4 Å². The quantitative estimate of drug-likeness (QED) is 0.0512. The zero-order valence-corrected chi connectivity index (χ0v) is 26.4. The van der Waals surface area contributed by atoms with Gasteiger partial charge in [0.05, 0.1) is 18.6 Å². The van der Waals surface area contributed by atoms with Crippen LogP contribution in [0.3, 0.4) is 0 Å². The van der Waals surface area contributed by atoms with Gasteiger partial charge in [0.15, 0.2) is 0 Å². The predicted molar refractivity (Wildman–Crippen MR) is 168 cm³/mol. The molecule has 230 valence electrons. The Morgan fingerprint density at radius 3 is 2.20 bits per heavy atom. The van der Waals surface area contributed by atoms with E-state index in [0.29, 0.717) is 6.42 Å². The fraction of sp³-hybridized carbons (Fsp3) is 0.694. The second-order valence-electron chi connectivity index (χ2n) is 12.4. The van der Waals surface area contributed by atoms with Crippen LogP contribution in [0.2, 0.25) is 0 Å². The summed E-state index contributed by atoms with van der Waals surface area (Å²) in [5.41, 5.74) is 0.796. The molecule has 5 heteroatoms. The van der Waals surface area contributed by atoms with Gasteiger partial charge in [0.2, 0.25) is 0 Å². The summed E-state index contributed by atoms with van der Waals surface area (Å²) in [6.07, 6.45) is 32.4. The largest absolute Gasteiger partial charge is 0.460 e. The molecule has 1 spiro atoms. The van der Waals surface area contributed by atoms with Gasteiger partial charge in [-0.1, -0.05) is 67.2 Å². The van der Waals surface area contributed by atoms with Gasteiger partial charge in [0.25, 0.3) is 0 Å². The van der Waals surface area contributed by atoms with Gasteiger partial charge >= 0.3 is 5.97 Å². The van der Waals surface area contributed by atoms with Crippen LogP contribution >= 0.6 is 0 Å². The molecular weight excluding hydrogens is 512 g/mol. The van der Waals surface area contributed by atoms with Crippen molar-refractivity contribution in [2.24, 2.45) is 5.92 Å². The summed E-state index contributed by atoms with van der Waals surface area (Å²) < 4.78 is 24.3. The summed E-state index contributed by atoms with van der Waals surface area (Å²) in [4.78, 5) is 12.7. The van der Waals surface area contributed by atoms with Crippen LogP contribution in [-0.4, -0.2) is 49.2 Å². The van der Waals surface area contributed by atoms with Gasteiger partial charge < -0.3 is 18.9 Å². The normalized spacial score (nSPS) is 31.1. The lowest BCUT2D eigenvalue weighted by Gasteiger charge is -2.42. The Morgan fingerprint density at radius 1 is 0.927 bits per heavy atom. The molecule has 0 bridgehead atoms. The summed E-state index contributed by atoms with van der Waals surface area (Å²) in [5.74, 6) is -0.0649. The van der Waals surface area contributed by atoms with Gasteiger partial charge in [-0.3, -0.25) is 4.79 Å². The molecule has 5 nitrogen and oxygen atoms in total. The number of epoxide rings is 2. The SMILES string of the molecule is CCC=CC=CCCCCC=CCCC=CCCCC(=O)O[C@@H]1CC[C@]2(CO2)[C@@H]([C@@]2(C)O[C@@H]2CC=C(C)C)[C@@H]1OC. The van der Waals surface area contributed by atoms with Crippen molar-refractivity contribution in [3.05, 3.63) is 60.3 Å². The minimum absolute atomic E-state index is 0.0641. The van der Waals surface area contributed by atoms with Crippen molar-refractivity contribution in [3.8, 4) is 0 Å². The van der Waals surface area contributed by atoms with Gasteiger partial charge in [-0.15, -0.1) is 0 Å². The molecule has 2 aliphatic heterocycles. The van der Waals surface area contributed by atoms with Crippen LogP contribution < -0.4 is 0 Å². The van der Waals surface area contributed by atoms with Crippen LogP contribution in [0.15, 0.2) is 60.3 Å². The Morgan fingerprint density at radius 2 is 1.56 bits per heavy atom. The van der Waals surface area contributed by atoms with Crippen molar-refractivity contribution >= 4 is 5.97 Å². The Hall–Kier alpha value is -1.95. The molecule has 1 aliphatic carbocycles. The number of allylic oxidation sites excluding steroid dienone is 9. The first-order chi connectivity index (χ1) is 19.9. The third-order valence-corrected chi connectivity index (χ3v) is 8.72. The van der Waals surface area contributed by atoms with Crippen LogP contribution in [0.25, 0.3) is 0 Å². The topological polar surface area (TPSA) is 60.6 Å². The molecule has 3 aliphatic rings. The third-order valence-electron chi connectivity index (χ3n) is 8.72. The minimum Gasteiger partial charge on any atom is -0.460 e. The average Bonchev–Trinajstić information content (AvgIpc) is 3.87. The number of hydrogen-bond acceptors (Lipinski definition) is 5. The van der Waals surface area contributed by atoms with E-state index >= 15 is 0 Å². The van der Waals surface area contributed by atoms with Gasteiger partial charge in [0, 0.05) is 13.5 Å². The maximum absolute atomic E-state index is 12.7. The van der Waals surface area contributed by atoms with Crippen LogP contribution in [0.1, 0.15) is 111 Å². The first-order valence-electron chi connectivity index (χ1n) is 16.2. The zero-order chi connectivity index (χ0) is 29.6. The Bertz CT molecular complexity index is 936. The number of carbonyl (C=O) groups excluding carboxylic acids is 1. The van der Waals surface area contributed by atoms with Gasteiger partial charge in [-0.2, -0.15) is 0 Å². The molecule has 2 saturated heterocycles. The Kier molecular flexibility index (Phi) is 14.1.